The summed E-state index contributed by atoms with van der Waals surface area (Å²) >= 11 is 0. The molecule has 0 radical (unpaired) electrons. The molecule has 1 aromatic rings. The summed E-state index contributed by atoms with van der Waals surface area (Å²) < 4.78 is 0. The summed E-state index contributed by atoms with van der Waals surface area (Å²) in [5.74, 6) is -0.230. The van der Waals surface area contributed by atoms with Gasteiger partial charge in [0.15, 0.2) is 0 Å². The first-order valence-electron chi connectivity index (χ1n) is 6.50. The molecule has 104 valence electrons. The van der Waals surface area contributed by atoms with Gasteiger partial charge in [0.1, 0.15) is 0 Å². The molecular weight excluding hydrogens is 242 g/mol. The van der Waals surface area contributed by atoms with Crippen LogP contribution in [0.3, 0.4) is 0 Å². The van der Waals surface area contributed by atoms with Gasteiger partial charge >= 0.3 is 0 Å². The number of nitrogens with one attached hydrogen (secondary N) is 3. The Labute approximate surface area is 113 Å². The average Bonchev–Trinajstić information content (AvgIpc) is 2.38. The Kier molecular flexibility index (Phi) is 6.60. The molecule has 19 heavy (non-hydrogen) atoms. The lowest BCUT2D eigenvalue weighted by Gasteiger charge is -2.07. The molecule has 0 spiro atoms. The van der Waals surface area contributed by atoms with Crippen molar-refractivity contribution in [2.45, 2.75) is 20.3 Å². The van der Waals surface area contributed by atoms with Crippen molar-refractivity contribution in [3.63, 3.8) is 0 Å². The number of anilines is 1. The van der Waals surface area contributed by atoms with Crippen molar-refractivity contribution < 1.29 is 9.59 Å². The molecule has 0 aliphatic rings. The molecule has 0 atom stereocenters. The zero-order valence-corrected chi connectivity index (χ0v) is 11.5. The van der Waals surface area contributed by atoms with Gasteiger partial charge in [0.2, 0.25) is 5.91 Å². The molecular formula is C14H21N3O2. The number of hydrogen-bond donors (Lipinski definition) is 3. The summed E-state index contributed by atoms with van der Waals surface area (Å²) in [4.78, 5) is 22.6. The monoisotopic (exact) mass is 263 g/mol. The normalized spacial score (nSPS) is 10.0. The number of carbonyl (C=O) groups is 2. The van der Waals surface area contributed by atoms with Crippen molar-refractivity contribution in [1.29, 1.82) is 0 Å². The Balaban J connectivity index is 2.38. The second kappa shape index (κ2) is 8.26. The first kappa shape index (κ1) is 15.2. The maximum absolute atomic E-state index is 11.8. The van der Waals surface area contributed by atoms with Gasteiger partial charge in [-0.1, -0.05) is 6.92 Å². The zero-order chi connectivity index (χ0) is 14.1. The summed E-state index contributed by atoms with van der Waals surface area (Å²) in [6, 6.07) is 6.82. The number of hydrogen-bond acceptors (Lipinski definition) is 3. The van der Waals surface area contributed by atoms with Crippen LogP contribution in [0.1, 0.15) is 30.6 Å². The Morgan fingerprint density at radius 2 is 1.74 bits per heavy atom. The molecule has 1 rings (SSSR count). The minimum atomic E-state index is -0.126. The van der Waals surface area contributed by atoms with Crippen LogP contribution >= 0.6 is 0 Å². The molecule has 2 amide bonds. The molecule has 0 aliphatic heterocycles. The van der Waals surface area contributed by atoms with Crippen LogP contribution in [0.15, 0.2) is 24.3 Å². The van der Waals surface area contributed by atoms with E-state index in [9.17, 15) is 9.59 Å². The first-order valence-corrected chi connectivity index (χ1v) is 6.50. The second-order valence-electron chi connectivity index (χ2n) is 4.26. The predicted molar refractivity (Wildman–Crippen MR) is 76.2 cm³/mol. The van der Waals surface area contributed by atoms with Gasteiger partial charge in [-0.25, -0.2) is 0 Å². The molecule has 0 bridgehead atoms. The van der Waals surface area contributed by atoms with Crippen LogP contribution in [0, 0.1) is 0 Å². The maximum atomic E-state index is 11.8. The maximum Gasteiger partial charge on any atom is 0.251 e. The van der Waals surface area contributed by atoms with E-state index in [1.807, 2.05) is 0 Å². The van der Waals surface area contributed by atoms with Crippen LogP contribution in [0.4, 0.5) is 5.69 Å². The first-order chi connectivity index (χ1) is 9.13. The van der Waals surface area contributed by atoms with Crippen molar-refractivity contribution in [2.75, 3.05) is 25.0 Å². The van der Waals surface area contributed by atoms with Crippen molar-refractivity contribution in [3.05, 3.63) is 29.8 Å². The number of benzene rings is 1. The highest BCUT2D eigenvalue weighted by Crippen LogP contribution is 2.09. The lowest BCUT2D eigenvalue weighted by Crippen LogP contribution is -2.32. The van der Waals surface area contributed by atoms with E-state index in [0.717, 1.165) is 19.5 Å². The van der Waals surface area contributed by atoms with Gasteiger partial charge in [0.25, 0.3) is 5.91 Å². The van der Waals surface area contributed by atoms with Crippen molar-refractivity contribution >= 4 is 17.5 Å². The summed E-state index contributed by atoms with van der Waals surface area (Å²) in [5, 5.41) is 8.70. The van der Waals surface area contributed by atoms with Gasteiger partial charge < -0.3 is 16.0 Å². The van der Waals surface area contributed by atoms with Crippen LogP contribution in [0.2, 0.25) is 0 Å². The zero-order valence-electron chi connectivity index (χ0n) is 11.5. The fourth-order valence-corrected chi connectivity index (χ4v) is 1.58. The van der Waals surface area contributed by atoms with Crippen LogP contribution < -0.4 is 16.0 Å². The van der Waals surface area contributed by atoms with E-state index in [4.69, 9.17) is 0 Å². The third kappa shape index (κ3) is 6.01. The molecule has 0 saturated heterocycles. The summed E-state index contributed by atoms with van der Waals surface area (Å²) in [7, 11) is 0. The van der Waals surface area contributed by atoms with Gasteiger partial charge in [0, 0.05) is 31.3 Å². The molecule has 1 aromatic carbocycles. The Hall–Kier alpha value is -1.88. The lowest BCUT2D eigenvalue weighted by molar-refractivity contribution is -0.114. The van der Waals surface area contributed by atoms with Gasteiger partial charge in [-0.3, -0.25) is 9.59 Å². The van der Waals surface area contributed by atoms with Crippen LogP contribution in [0.5, 0.6) is 0 Å². The van der Waals surface area contributed by atoms with E-state index in [1.165, 1.54) is 6.92 Å². The molecule has 5 nitrogen and oxygen atoms in total. The number of rotatable bonds is 7. The second-order valence-corrected chi connectivity index (χ2v) is 4.26. The van der Waals surface area contributed by atoms with E-state index in [1.54, 1.807) is 24.3 Å². The van der Waals surface area contributed by atoms with Crippen molar-refractivity contribution in [3.8, 4) is 0 Å². The predicted octanol–water partition coefficient (Wildman–Crippen LogP) is 1.37. The van der Waals surface area contributed by atoms with E-state index in [0.29, 0.717) is 17.8 Å². The fraction of sp³-hybridized carbons (Fsp3) is 0.429. The summed E-state index contributed by atoms with van der Waals surface area (Å²) in [6.45, 7) is 5.88. The largest absolute Gasteiger partial charge is 0.351 e. The van der Waals surface area contributed by atoms with Crippen molar-refractivity contribution in [1.82, 2.24) is 10.6 Å². The van der Waals surface area contributed by atoms with E-state index in [2.05, 4.69) is 22.9 Å². The summed E-state index contributed by atoms with van der Waals surface area (Å²) in [6.07, 6.45) is 1.08. The van der Waals surface area contributed by atoms with Crippen LogP contribution in [0.25, 0.3) is 0 Å². The van der Waals surface area contributed by atoms with Gasteiger partial charge in [-0.05, 0) is 37.2 Å². The summed E-state index contributed by atoms with van der Waals surface area (Å²) in [5.41, 5.74) is 1.28. The van der Waals surface area contributed by atoms with Gasteiger partial charge in [0.05, 0.1) is 0 Å². The minimum absolute atomic E-state index is 0.104. The molecule has 0 aromatic heterocycles. The highest BCUT2D eigenvalue weighted by atomic mass is 16.2. The fourth-order valence-electron chi connectivity index (χ4n) is 1.58. The van der Waals surface area contributed by atoms with Crippen LogP contribution in [-0.4, -0.2) is 31.4 Å². The Morgan fingerprint density at radius 3 is 2.32 bits per heavy atom. The third-order valence-electron chi connectivity index (χ3n) is 2.48. The molecule has 3 N–H and O–H groups in total. The van der Waals surface area contributed by atoms with E-state index >= 15 is 0 Å². The number of amides is 2. The Bertz CT molecular complexity index is 415. The van der Waals surface area contributed by atoms with Crippen molar-refractivity contribution in [2.24, 2.45) is 0 Å². The molecule has 0 fully saturated rings. The van der Waals surface area contributed by atoms with Gasteiger partial charge in [-0.15, -0.1) is 0 Å². The molecule has 0 heterocycles. The van der Waals surface area contributed by atoms with E-state index in [-0.39, 0.29) is 11.8 Å². The molecule has 0 saturated carbocycles. The molecule has 0 aliphatic carbocycles. The topological polar surface area (TPSA) is 70.2 Å². The van der Waals surface area contributed by atoms with E-state index < -0.39 is 0 Å². The smallest absolute Gasteiger partial charge is 0.251 e. The average molecular weight is 263 g/mol. The minimum Gasteiger partial charge on any atom is -0.351 e. The number of carbonyl (C=O) groups excluding carboxylic acids is 2. The highest BCUT2D eigenvalue weighted by molar-refractivity contribution is 5.95. The standard InChI is InChI=1S/C14H21N3O2/c1-3-8-15-9-10-16-14(19)12-4-6-13(7-5-12)17-11(2)18/h4-7,15H,3,8-10H2,1-2H3,(H,16,19)(H,17,18). The third-order valence-corrected chi connectivity index (χ3v) is 2.48. The Morgan fingerprint density at radius 1 is 1.05 bits per heavy atom. The van der Waals surface area contributed by atoms with Crippen LogP contribution in [-0.2, 0) is 4.79 Å². The molecule has 0 unspecified atom stereocenters. The highest BCUT2D eigenvalue weighted by Gasteiger charge is 2.04. The van der Waals surface area contributed by atoms with Gasteiger partial charge in [-0.2, -0.15) is 0 Å². The molecule has 5 heteroatoms. The SMILES string of the molecule is CCCNCCNC(=O)c1ccc(NC(C)=O)cc1. The lowest BCUT2D eigenvalue weighted by atomic mass is 10.2. The quantitative estimate of drug-likeness (QED) is 0.651.